The molecular formula is C25H17ClN2O2. The number of nitrogens with zero attached hydrogens (tertiary/aromatic N) is 1. The lowest BCUT2D eigenvalue weighted by Crippen LogP contribution is -2.23. The van der Waals surface area contributed by atoms with Gasteiger partial charge in [0, 0.05) is 28.1 Å². The third kappa shape index (κ3) is 3.42. The van der Waals surface area contributed by atoms with E-state index in [4.69, 9.17) is 16.0 Å². The molecule has 5 heteroatoms. The summed E-state index contributed by atoms with van der Waals surface area (Å²) in [5.74, 6) is 0.449. The number of halogens is 1. The van der Waals surface area contributed by atoms with Crippen molar-refractivity contribution in [2.75, 3.05) is 0 Å². The predicted molar refractivity (Wildman–Crippen MR) is 120 cm³/mol. The summed E-state index contributed by atoms with van der Waals surface area (Å²) in [6.45, 7) is 0.420. The Balaban J connectivity index is 1.32. The van der Waals surface area contributed by atoms with Gasteiger partial charge in [-0.3, -0.25) is 4.79 Å². The van der Waals surface area contributed by atoms with Gasteiger partial charge in [-0.1, -0.05) is 60.1 Å². The van der Waals surface area contributed by atoms with Gasteiger partial charge in [-0.2, -0.15) is 0 Å². The molecule has 0 atom stereocenters. The van der Waals surface area contributed by atoms with E-state index < -0.39 is 0 Å². The van der Waals surface area contributed by atoms with Gasteiger partial charge in [0.25, 0.3) is 5.91 Å². The van der Waals surface area contributed by atoms with Crippen LogP contribution in [0.15, 0.2) is 89.3 Å². The van der Waals surface area contributed by atoms with Gasteiger partial charge in [0.15, 0.2) is 5.58 Å². The monoisotopic (exact) mass is 412 g/mol. The molecule has 4 aromatic carbocycles. The number of benzene rings is 4. The van der Waals surface area contributed by atoms with Crippen LogP contribution in [-0.4, -0.2) is 10.9 Å². The van der Waals surface area contributed by atoms with E-state index in [1.807, 2.05) is 84.9 Å². The van der Waals surface area contributed by atoms with Crippen LogP contribution in [-0.2, 0) is 6.54 Å². The first-order valence-corrected chi connectivity index (χ1v) is 9.97. The normalized spacial score (nSPS) is 11.1. The molecule has 30 heavy (non-hydrogen) atoms. The summed E-state index contributed by atoms with van der Waals surface area (Å²) in [4.78, 5) is 17.3. The first-order valence-electron chi connectivity index (χ1n) is 9.59. The first kappa shape index (κ1) is 18.4. The molecule has 1 heterocycles. The SMILES string of the molecule is O=C(NCc1ccc(-c2nc3ccccc3o2)cc1)c1cccc2c(Cl)cccc12. The molecule has 0 saturated heterocycles. The van der Waals surface area contributed by atoms with Gasteiger partial charge in [-0.05, 0) is 47.3 Å². The molecule has 1 N–H and O–H groups in total. The second-order valence-corrected chi connectivity index (χ2v) is 7.41. The van der Waals surface area contributed by atoms with E-state index in [-0.39, 0.29) is 5.91 Å². The average Bonchev–Trinajstić information content (AvgIpc) is 3.22. The van der Waals surface area contributed by atoms with E-state index in [1.165, 1.54) is 0 Å². The number of aromatic nitrogens is 1. The van der Waals surface area contributed by atoms with E-state index in [2.05, 4.69) is 10.3 Å². The summed E-state index contributed by atoms with van der Waals surface area (Å²) in [5, 5.41) is 5.33. The number of carbonyl (C=O) groups is 1. The smallest absolute Gasteiger partial charge is 0.252 e. The third-order valence-electron chi connectivity index (χ3n) is 5.06. The molecule has 0 fully saturated rings. The minimum atomic E-state index is -0.133. The Bertz CT molecular complexity index is 1340. The Morgan fingerprint density at radius 2 is 1.63 bits per heavy atom. The minimum absolute atomic E-state index is 0.133. The number of nitrogens with one attached hydrogen (secondary N) is 1. The number of para-hydroxylation sites is 2. The molecule has 0 aliphatic rings. The lowest BCUT2D eigenvalue weighted by atomic mass is 10.0. The molecule has 4 nitrogen and oxygen atoms in total. The number of oxazole rings is 1. The van der Waals surface area contributed by atoms with E-state index in [9.17, 15) is 4.79 Å². The lowest BCUT2D eigenvalue weighted by molar-refractivity contribution is 0.0952. The maximum Gasteiger partial charge on any atom is 0.252 e. The van der Waals surface area contributed by atoms with E-state index in [1.54, 1.807) is 0 Å². The predicted octanol–water partition coefficient (Wildman–Crippen LogP) is 6.23. The Labute approximate surface area is 178 Å². The largest absolute Gasteiger partial charge is 0.436 e. The maximum absolute atomic E-state index is 12.8. The topological polar surface area (TPSA) is 55.1 Å². The standard InChI is InChI=1S/C25H17ClN2O2/c26-21-8-4-5-18-19(21)6-3-7-20(18)24(29)27-15-16-11-13-17(14-12-16)25-28-22-9-1-2-10-23(22)30-25/h1-14H,15H2,(H,27,29). The zero-order valence-electron chi connectivity index (χ0n) is 15.9. The number of hydrogen-bond donors (Lipinski definition) is 1. The van der Waals surface area contributed by atoms with Crippen molar-refractivity contribution >= 4 is 39.4 Å². The van der Waals surface area contributed by atoms with Gasteiger partial charge >= 0.3 is 0 Å². The first-order chi connectivity index (χ1) is 14.7. The summed E-state index contributed by atoms with van der Waals surface area (Å²) in [6, 6.07) is 26.7. The van der Waals surface area contributed by atoms with Crippen LogP contribution < -0.4 is 5.32 Å². The van der Waals surface area contributed by atoms with Crippen molar-refractivity contribution in [3.8, 4) is 11.5 Å². The van der Waals surface area contributed by atoms with Crippen molar-refractivity contribution in [1.82, 2.24) is 10.3 Å². The highest BCUT2D eigenvalue weighted by Crippen LogP contribution is 2.26. The van der Waals surface area contributed by atoms with Crippen molar-refractivity contribution in [2.24, 2.45) is 0 Å². The van der Waals surface area contributed by atoms with Gasteiger partial charge in [-0.25, -0.2) is 4.98 Å². The lowest BCUT2D eigenvalue weighted by Gasteiger charge is -2.09. The van der Waals surface area contributed by atoms with E-state index in [0.29, 0.717) is 23.0 Å². The van der Waals surface area contributed by atoms with Crippen molar-refractivity contribution in [3.05, 3.63) is 101 Å². The van der Waals surface area contributed by atoms with Crippen molar-refractivity contribution in [2.45, 2.75) is 6.54 Å². The van der Waals surface area contributed by atoms with Gasteiger partial charge in [-0.15, -0.1) is 0 Å². The highest BCUT2D eigenvalue weighted by atomic mass is 35.5. The molecule has 0 spiro atoms. The Morgan fingerprint density at radius 3 is 2.47 bits per heavy atom. The van der Waals surface area contributed by atoms with Crippen LogP contribution in [0.25, 0.3) is 33.3 Å². The number of amides is 1. The highest BCUT2D eigenvalue weighted by molar-refractivity contribution is 6.36. The molecule has 0 aliphatic heterocycles. The van der Waals surface area contributed by atoms with Crippen LogP contribution >= 0.6 is 11.6 Å². The van der Waals surface area contributed by atoms with Crippen LogP contribution in [0.5, 0.6) is 0 Å². The van der Waals surface area contributed by atoms with E-state index in [0.717, 1.165) is 33.0 Å². The summed E-state index contributed by atoms with van der Waals surface area (Å²) >= 11 is 6.25. The summed E-state index contributed by atoms with van der Waals surface area (Å²) < 4.78 is 5.81. The fourth-order valence-electron chi connectivity index (χ4n) is 3.51. The molecule has 0 unspecified atom stereocenters. The van der Waals surface area contributed by atoms with Crippen molar-refractivity contribution in [3.63, 3.8) is 0 Å². The van der Waals surface area contributed by atoms with Crippen LogP contribution in [0.3, 0.4) is 0 Å². The van der Waals surface area contributed by atoms with Gasteiger partial charge in [0.2, 0.25) is 5.89 Å². The van der Waals surface area contributed by atoms with Gasteiger partial charge in [0.1, 0.15) is 5.52 Å². The molecule has 0 saturated carbocycles. The molecule has 1 aromatic heterocycles. The zero-order chi connectivity index (χ0) is 20.5. The van der Waals surface area contributed by atoms with E-state index >= 15 is 0 Å². The summed E-state index contributed by atoms with van der Waals surface area (Å²) in [6.07, 6.45) is 0. The van der Waals surface area contributed by atoms with Gasteiger partial charge in [0.05, 0.1) is 0 Å². The number of carbonyl (C=O) groups excluding carboxylic acids is 1. The van der Waals surface area contributed by atoms with Crippen molar-refractivity contribution in [1.29, 1.82) is 0 Å². The van der Waals surface area contributed by atoms with Crippen LogP contribution in [0.2, 0.25) is 5.02 Å². The number of hydrogen-bond acceptors (Lipinski definition) is 3. The Hall–Kier alpha value is -3.63. The van der Waals surface area contributed by atoms with Crippen LogP contribution in [0.4, 0.5) is 0 Å². The minimum Gasteiger partial charge on any atom is -0.436 e. The summed E-state index contributed by atoms with van der Waals surface area (Å²) in [7, 11) is 0. The molecule has 5 aromatic rings. The fourth-order valence-corrected chi connectivity index (χ4v) is 3.75. The summed E-state index contributed by atoms with van der Waals surface area (Å²) in [5.41, 5.74) is 4.09. The Morgan fingerprint density at radius 1 is 0.867 bits per heavy atom. The maximum atomic E-state index is 12.8. The molecule has 0 radical (unpaired) electrons. The average molecular weight is 413 g/mol. The van der Waals surface area contributed by atoms with Crippen LogP contribution in [0, 0.1) is 0 Å². The number of fused-ring (bicyclic) bond motifs is 2. The van der Waals surface area contributed by atoms with Crippen molar-refractivity contribution < 1.29 is 9.21 Å². The molecule has 146 valence electrons. The highest BCUT2D eigenvalue weighted by Gasteiger charge is 2.12. The Kier molecular flexibility index (Phi) is 4.69. The molecule has 0 bridgehead atoms. The number of rotatable bonds is 4. The molecule has 1 amide bonds. The third-order valence-corrected chi connectivity index (χ3v) is 5.39. The quantitative estimate of drug-likeness (QED) is 0.380. The van der Waals surface area contributed by atoms with Crippen LogP contribution in [0.1, 0.15) is 15.9 Å². The zero-order valence-corrected chi connectivity index (χ0v) is 16.7. The molecule has 5 rings (SSSR count). The second-order valence-electron chi connectivity index (χ2n) is 7.01. The molecular weight excluding hydrogens is 396 g/mol. The fraction of sp³-hybridized carbons (Fsp3) is 0.0400. The molecule has 0 aliphatic carbocycles. The van der Waals surface area contributed by atoms with Gasteiger partial charge < -0.3 is 9.73 Å². The second kappa shape index (κ2) is 7.65.